The van der Waals surface area contributed by atoms with E-state index in [-0.39, 0.29) is 23.5 Å². The van der Waals surface area contributed by atoms with Gasteiger partial charge in [-0.1, -0.05) is 0 Å². The fourth-order valence-corrected chi connectivity index (χ4v) is 4.92. The normalized spacial score (nSPS) is 31.1. The second-order valence-corrected chi connectivity index (χ2v) is 7.50. The van der Waals surface area contributed by atoms with Crippen molar-refractivity contribution >= 4 is 11.9 Å². The molecule has 8 nitrogen and oxygen atoms in total. The van der Waals surface area contributed by atoms with Gasteiger partial charge in [0.15, 0.2) is 5.76 Å². The highest BCUT2D eigenvalue weighted by atomic mass is 16.5. The third-order valence-corrected chi connectivity index (χ3v) is 6.14. The highest BCUT2D eigenvalue weighted by molar-refractivity contribution is 5.91. The van der Waals surface area contributed by atoms with Gasteiger partial charge < -0.3 is 24.1 Å². The monoisotopic (exact) mass is 370 g/mol. The van der Waals surface area contributed by atoms with Crippen molar-refractivity contribution in [1.82, 2.24) is 15.3 Å². The molecule has 3 saturated heterocycles. The summed E-state index contributed by atoms with van der Waals surface area (Å²) in [6.45, 7) is 2.19. The Kier molecular flexibility index (Phi) is 3.82. The highest BCUT2D eigenvalue weighted by Crippen LogP contribution is 2.55. The number of amides is 1. The van der Waals surface area contributed by atoms with Gasteiger partial charge >= 0.3 is 0 Å². The smallest absolute Gasteiger partial charge is 0.286 e. The van der Waals surface area contributed by atoms with Crippen LogP contribution in [-0.2, 0) is 4.74 Å². The third-order valence-electron chi connectivity index (χ3n) is 6.14. The minimum Gasteiger partial charge on any atom is -0.481 e. The lowest BCUT2D eigenvalue weighted by molar-refractivity contribution is 0.0141. The molecule has 0 aromatic carbocycles. The lowest BCUT2D eigenvalue weighted by Gasteiger charge is -2.29. The Morgan fingerprint density at radius 2 is 2.41 bits per heavy atom. The molecule has 0 aliphatic carbocycles. The molecule has 1 spiro atoms. The molecule has 2 aromatic heterocycles. The molecule has 1 N–H and O–H groups in total. The SMILES string of the molecule is COc1ccnc(N2C[C@@H]3[C@H](CNC(=O)c4ccco4)[C@H]4CC[C@]3(C2)O4)n1. The number of carbonyl (C=O) groups is 1. The number of rotatable bonds is 5. The molecule has 3 aliphatic rings. The number of furan rings is 1. The molecule has 3 fully saturated rings. The van der Waals surface area contributed by atoms with E-state index in [0.717, 1.165) is 25.9 Å². The molecule has 8 heteroatoms. The van der Waals surface area contributed by atoms with Crippen LogP contribution in [0.3, 0.4) is 0 Å². The van der Waals surface area contributed by atoms with E-state index in [0.29, 0.717) is 30.1 Å². The summed E-state index contributed by atoms with van der Waals surface area (Å²) >= 11 is 0. The largest absolute Gasteiger partial charge is 0.481 e. The first-order valence-corrected chi connectivity index (χ1v) is 9.30. The third kappa shape index (κ3) is 2.66. The minimum atomic E-state index is -0.178. The molecule has 2 bridgehead atoms. The van der Waals surface area contributed by atoms with E-state index < -0.39 is 0 Å². The topological polar surface area (TPSA) is 89.7 Å². The van der Waals surface area contributed by atoms with Gasteiger partial charge in [0.25, 0.3) is 5.91 Å². The van der Waals surface area contributed by atoms with Crippen LogP contribution >= 0.6 is 0 Å². The fourth-order valence-electron chi connectivity index (χ4n) is 4.92. The maximum Gasteiger partial charge on any atom is 0.286 e. The van der Waals surface area contributed by atoms with Crippen LogP contribution in [0.4, 0.5) is 5.95 Å². The van der Waals surface area contributed by atoms with Crippen LogP contribution in [0, 0.1) is 11.8 Å². The minimum absolute atomic E-state index is 0.156. The van der Waals surface area contributed by atoms with Gasteiger partial charge in [0.05, 0.1) is 31.6 Å². The number of fused-ring (bicyclic) bond motifs is 1. The second kappa shape index (κ2) is 6.23. The van der Waals surface area contributed by atoms with Gasteiger partial charge in [0.1, 0.15) is 0 Å². The summed E-state index contributed by atoms with van der Waals surface area (Å²) in [4.78, 5) is 23.3. The number of ether oxygens (including phenoxy) is 2. The number of carbonyl (C=O) groups excluding carboxylic acids is 1. The first kappa shape index (κ1) is 16.6. The van der Waals surface area contributed by atoms with Crippen LogP contribution in [0.1, 0.15) is 23.4 Å². The van der Waals surface area contributed by atoms with Crippen molar-refractivity contribution in [3.05, 3.63) is 36.4 Å². The summed E-state index contributed by atoms with van der Waals surface area (Å²) in [5.41, 5.74) is -0.156. The van der Waals surface area contributed by atoms with E-state index >= 15 is 0 Å². The predicted octanol–water partition coefficient (Wildman–Crippen LogP) is 1.49. The first-order valence-electron chi connectivity index (χ1n) is 9.30. The van der Waals surface area contributed by atoms with Gasteiger partial charge in [0.2, 0.25) is 11.8 Å². The van der Waals surface area contributed by atoms with Crippen molar-refractivity contribution in [3.8, 4) is 5.88 Å². The number of aromatic nitrogens is 2. The highest BCUT2D eigenvalue weighted by Gasteiger charge is 2.63. The number of nitrogens with zero attached hydrogens (tertiary/aromatic N) is 3. The first-order chi connectivity index (χ1) is 13.2. The van der Waals surface area contributed by atoms with Gasteiger partial charge in [-0.15, -0.1) is 0 Å². The Hall–Kier alpha value is -2.61. The van der Waals surface area contributed by atoms with Crippen LogP contribution < -0.4 is 15.0 Å². The number of anilines is 1. The van der Waals surface area contributed by atoms with E-state index in [1.165, 1.54) is 6.26 Å². The van der Waals surface area contributed by atoms with Crippen molar-refractivity contribution in [2.75, 3.05) is 31.6 Å². The molecule has 0 saturated carbocycles. The standard InChI is InChI=1S/C19H22N4O4/c1-25-16-5-7-20-18(22-16)23-10-13-12(14-4-6-19(13,11-23)27-14)9-21-17(24)15-3-2-8-26-15/h2-3,5,7-8,12-14H,4,6,9-11H2,1H3,(H,21,24)/t12-,13+,14+,19+/m0/s1. The zero-order chi connectivity index (χ0) is 18.4. The molecule has 2 aromatic rings. The second-order valence-electron chi connectivity index (χ2n) is 7.50. The van der Waals surface area contributed by atoms with Gasteiger partial charge in [-0.3, -0.25) is 4.79 Å². The summed E-state index contributed by atoms with van der Waals surface area (Å²) in [6.07, 6.45) is 5.51. The van der Waals surface area contributed by atoms with Crippen molar-refractivity contribution in [2.24, 2.45) is 11.8 Å². The van der Waals surface area contributed by atoms with Gasteiger partial charge in [-0.2, -0.15) is 4.98 Å². The van der Waals surface area contributed by atoms with Crippen molar-refractivity contribution in [3.63, 3.8) is 0 Å². The van der Waals surface area contributed by atoms with Gasteiger partial charge in [-0.05, 0) is 25.0 Å². The van der Waals surface area contributed by atoms with Crippen LogP contribution in [0.5, 0.6) is 5.88 Å². The summed E-state index contributed by atoms with van der Waals surface area (Å²) in [5.74, 6) is 2.02. The summed E-state index contributed by atoms with van der Waals surface area (Å²) in [6, 6.07) is 5.13. The Bertz CT molecular complexity index is 842. The molecular formula is C19H22N4O4. The number of nitrogens with one attached hydrogen (secondary N) is 1. The zero-order valence-corrected chi connectivity index (χ0v) is 15.1. The zero-order valence-electron chi connectivity index (χ0n) is 15.1. The molecule has 0 radical (unpaired) electrons. The quantitative estimate of drug-likeness (QED) is 0.853. The van der Waals surface area contributed by atoms with E-state index in [2.05, 4.69) is 20.2 Å². The molecule has 3 aliphatic heterocycles. The fraction of sp³-hybridized carbons (Fsp3) is 0.526. The molecule has 27 heavy (non-hydrogen) atoms. The van der Waals surface area contributed by atoms with Gasteiger partial charge in [-0.25, -0.2) is 4.98 Å². The molecule has 0 unspecified atom stereocenters. The average Bonchev–Trinajstić information content (AvgIpc) is 3.46. The lowest BCUT2D eigenvalue weighted by Crippen LogP contribution is -2.41. The van der Waals surface area contributed by atoms with E-state index in [9.17, 15) is 4.79 Å². The maximum absolute atomic E-state index is 12.2. The molecular weight excluding hydrogens is 348 g/mol. The Labute approximate surface area is 156 Å². The Balaban J connectivity index is 1.31. The van der Waals surface area contributed by atoms with Crippen LogP contribution in [-0.4, -0.2) is 54.3 Å². The van der Waals surface area contributed by atoms with Crippen LogP contribution in [0.15, 0.2) is 35.1 Å². The molecule has 5 heterocycles. The summed E-state index contributed by atoms with van der Waals surface area (Å²) in [5, 5.41) is 3.01. The van der Waals surface area contributed by atoms with Crippen molar-refractivity contribution < 1.29 is 18.7 Å². The van der Waals surface area contributed by atoms with Gasteiger partial charge in [0, 0.05) is 37.2 Å². The maximum atomic E-state index is 12.2. The van der Waals surface area contributed by atoms with Crippen molar-refractivity contribution in [1.29, 1.82) is 0 Å². The number of hydrogen-bond acceptors (Lipinski definition) is 7. The number of methoxy groups -OCH3 is 1. The summed E-state index contributed by atoms with van der Waals surface area (Å²) in [7, 11) is 1.60. The molecule has 5 rings (SSSR count). The predicted molar refractivity (Wildman–Crippen MR) is 95.7 cm³/mol. The summed E-state index contributed by atoms with van der Waals surface area (Å²) < 4.78 is 16.8. The van der Waals surface area contributed by atoms with Crippen molar-refractivity contribution in [2.45, 2.75) is 24.5 Å². The van der Waals surface area contributed by atoms with E-state index in [1.807, 2.05) is 0 Å². The lowest BCUT2D eigenvalue weighted by atomic mass is 9.73. The van der Waals surface area contributed by atoms with Crippen LogP contribution in [0.2, 0.25) is 0 Å². The number of hydrogen-bond donors (Lipinski definition) is 1. The van der Waals surface area contributed by atoms with Crippen LogP contribution in [0.25, 0.3) is 0 Å². The average molecular weight is 370 g/mol. The molecule has 142 valence electrons. The molecule has 1 amide bonds. The Morgan fingerprint density at radius 3 is 3.22 bits per heavy atom. The molecule has 4 atom stereocenters. The Morgan fingerprint density at radius 1 is 1.48 bits per heavy atom. The van der Waals surface area contributed by atoms with E-state index in [4.69, 9.17) is 13.9 Å². The van der Waals surface area contributed by atoms with E-state index in [1.54, 1.807) is 31.5 Å².